The molecule has 2 unspecified atom stereocenters. The minimum absolute atomic E-state index is 0.213. The molecular weight excluding hydrogens is 307 g/mol. The number of halogens is 1. The van der Waals surface area contributed by atoms with Crippen LogP contribution in [0.3, 0.4) is 0 Å². The highest BCUT2D eigenvalue weighted by Crippen LogP contribution is 2.52. The average molecular weight is 322 g/mol. The minimum Gasteiger partial charge on any atom is -0.341 e. The molecule has 0 amide bonds. The van der Waals surface area contributed by atoms with Gasteiger partial charge in [0.05, 0.1) is 5.70 Å². The van der Waals surface area contributed by atoms with Gasteiger partial charge in [0, 0.05) is 18.2 Å². The summed E-state index contributed by atoms with van der Waals surface area (Å²) in [6, 6.07) is 15.3. The van der Waals surface area contributed by atoms with Crippen molar-refractivity contribution in [2.24, 2.45) is 0 Å². The Kier molecular flexibility index (Phi) is 2.68. The summed E-state index contributed by atoms with van der Waals surface area (Å²) >= 11 is 5.64. The number of rotatable bonds is 1. The number of para-hydroxylation sites is 1. The zero-order valence-corrected chi connectivity index (χ0v) is 13.3. The summed E-state index contributed by atoms with van der Waals surface area (Å²) < 4.78 is 13.3. The molecule has 2 nitrogen and oxygen atoms in total. The van der Waals surface area contributed by atoms with E-state index in [4.69, 9.17) is 12.2 Å². The summed E-state index contributed by atoms with van der Waals surface area (Å²) in [7, 11) is 0. The molecule has 23 heavy (non-hydrogen) atoms. The van der Waals surface area contributed by atoms with E-state index in [0.29, 0.717) is 5.92 Å². The van der Waals surface area contributed by atoms with Crippen molar-refractivity contribution in [3.05, 3.63) is 71.6 Å². The van der Waals surface area contributed by atoms with Gasteiger partial charge >= 0.3 is 0 Å². The van der Waals surface area contributed by atoms with Crippen LogP contribution in [0.5, 0.6) is 0 Å². The summed E-state index contributed by atoms with van der Waals surface area (Å²) in [4.78, 5) is 5.60. The molecule has 0 aliphatic carbocycles. The third-order valence-electron chi connectivity index (χ3n) is 5.16. The molecule has 2 atom stereocenters. The Morgan fingerprint density at radius 3 is 2.65 bits per heavy atom. The Hall–Kier alpha value is -2.20. The van der Waals surface area contributed by atoms with E-state index < -0.39 is 0 Å². The van der Waals surface area contributed by atoms with Gasteiger partial charge in [-0.15, -0.1) is 0 Å². The second kappa shape index (κ2) is 4.65. The molecule has 3 aliphatic heterocycles. The van der Waals surface area contributed by atoms with E-state index in [1.165, 1.54) is 23.4 Å². The second-order valence-corrected chi connectivity index (χ2v) is 6.72. The van der Waals surface area contributed by atoms with Crippen molar-refractivity contribution < 1.29 is 4.39 Å². The Bertz CT molecular complexity index is 843. The molecule has 3 aliphatic rings. The number of anilines is 1. The summed E-state index contributed by atoms with van der Waals surface area (Å²) in [6.45, 7) is 1.01. The van der Waals surface area contributed by atoms with Crippen LogP contribution in [0, 0.1) is 5.82 Å². The van der Waals surface area contributed by atoms with E-state index in [9.17, 15) is 4.39 Å². The fraction of sp³-hybridized carbons (Fsp3) is 0.211. The topological polar surface area (TPSA) is 6.48 Å². The van der Waals surface area contributed by atoms with Crippen LogP contribution >= 0.6 is 12.2 Å². The number of nitrogens with zero attached hydrogens (tertiary/aromatic N) is 2. The van der Waals surface area contributed by atoms with Crippen molar-refractivity contribution in [2.75, 3.05) is 11.4 Å². The van der Waals surface area contributed by atoms with Gasteiger partial charge < -0.3 is 9.80 Å². The maximum atomic E-state index is 13.3. The van der Waals surface area contributed by atoms with E-state index in [1.54, 1.807) is 0 Å². The van der Waals surface area contributed by atoms with Gasteiger partial charge in [-0.2, -0.15) is 0 Å². The number of hydrogen-bond donors (Lipinski definition) is 0. The highest BCUT2D eigenvalue weighted by atomic mass is 32.1. The molecule has 0 spiro atoms. The van der Waals surface area contributed by atoms with E-state index >= 15 is 0 Å². The zero-order chi connectivity index (χ0) is 15.6. The summed E-state index contributed by atoms with van der Waals surface area (Å²) in [5, 5.41) is 0. The Balaban J connectivity index is 1.71. The largest absolute Gasteiger partial charge is 0.341 e. The van der Waals surface area contributed by atoms with Crippen LogP contribution in [0.4, 0.5) is 10.1 Å². The maximum Gasteiger partial charge on any atom is 0.123 e. The van der Waals surface area contributed by atoms with Crippen molar-refractivity contribution in [1.82, 2.24) is 4.90 Å². The molecule has 1 fully saturated rings. The van der Waals surface area contributed by atoms with Gasteiger partial charge in [-0.1, -0.05) is 30.4 Å². The first-order chi connectivity index (χ1) is 11.2. The van der Waals surface area contributed by atoms with Crippen LogP contribution in [0.2, 0.25) is 0 Å². The third kappa shape index (κ3) is 1.75. The summed E-state index contributed by atoms with van der Waals surface area (Å²) in [6.07, 6.45) is 3.46. The summed E-state index contributed by atoms with van der Waals surface area (Å²) in [5.74, 6) is 0.281. The minimum atomic E-state index is -0.213. The van der Waals surface area contributed by atoms with Gasteiger partial charge in [-0.3, -0.25) is 0 Å². The lowest BCUT2D eigenvalue weighted by Crippen LogP contribution is -2.48. The normalized spacial score (nSPS) is 24.6. The average Bonchev–Trinajstić information content (AvgIpc) is 3.13. The van der Waals surface area contributed by atoms with Crippen molar-refractivity contribution in [2.45, 2.75) is 18.5 Å². The van der Waals surface area contributed by atoms with Crippen LogP contribution in [0.15, 0.2) is 54.6 Å². The van der Waals surface area contributed by atoms with Crippen LogP contribution in [-0.4, -0.2) is 22.6 Å². The summed E-state index contributed by atoms with van der Waals surface area (Å²) in [5.41, 5.74) is 4.74. The Morgan fingerprint density at radius 2 is 1.83 bits per heavy atom. The number of thiocarbonyl (C=S) groups is 1. The molecule has 0 bridgehead atoms. The first-order valence-electron chi connectivity index (χ1n) is 7.90. The van der Waals surface area contributed by atoms with E-state index in [0.717, 1.165) is 29.2 Å². The fourth-order valence-corrected chi connectivity index (χ4v) is 4.51. The molecule has 114 valence electrons. The number of benzene rings is 2. The van der Waals surface area contributed by atoms with Crippen molar-refractivity contribution in [3.8, 4) is 0 Å². The molecule has 1 saturated heterocycles. The standard InChI is InChI=1S/C19H15FN2S/c20-13-7-5-12(6-8-13)17-11-18(23)21-10-9-15-14-3-1-2-4-16(14)22(17)19(15)21/h1-8,11,15,19H,9-10H2. The number of fused-ring (bicyclic) bond motifs is 3. The molecule has 5 rings (SSSR count). The molecule has 3 heterocycles. The zero-order valence-electron chi connectivity index (χ0n) is 12.4. The molecule has 0 radical (unpaired) electrons. The van der Waals surface area contributed by atoms with Gasteiger partial charge in [0.25, 0.3) is 0 Å². The highest BCUT2D eigenvalue weighted by molar-refractivity contribution is 7.80. The molecule has 0 saturated carbocycles. The molecule has 4 heteroatoms. The van der Waals surface area contributed by atoms with Crippen molar-refractivity contribution in [1.29, 1.82) is 0 Å². The quantitative estimate of drug-likeness (QED) is 0.729. The Morgan fingerprint density at radius 1 is 1.04 bits per heavy atom. The van der Waals surface area contributed by atoms with E-state index in [-0.39, 0.29) is 12.0 Å². The molecule has 2 aromatic carbocycles. The van der Waals surface area contributed by atoms with Crippen LogP contribution in [0.25, 0.3) is 5.70 Å². The van der Waals surface area contributed by atoms with E-state index in [2.05, 4.69) is 40.1 Å². The predicted molar refractivity (Wildman–Crippen MR) is 93.7 cm³/mol. The van der Waals surface area contributed by atoms with Gasteiger partial charge in [0.1, 0.15) is 17.0 Å². The molecule has 0 aromatic heterocycles. The van der Waals surface area contributed by atoms with Gasteiger partial charge in [-0.25, -0.2) is 4.39 Å². The van der Waals surface area contributed by atoms with Crippen LogP contribution < -0.4 is 4.90 Å². The third-order valence-corrected chi connectivity index (χ3v) is 5.52. The lowest BCUT2D eigenvalue weighted by molar-refractivity contribution is 0.392. The van der Waals surface area contributed by atoms with Gasteiger partial charge in [0.2, 0.25) is 0 Å². The van der Waals surface area contributed by atoms with Crippen LogP contribution in [0.1, 0.15) is 23.5 Å². The van der Waals surface area contributed by atoms with E-state index in [1.807, 2.05) is 12.1 Å². The smallest absolute Gasteiger partial charge is 0.123 e. The lowest BCUT2D eigenvalue weighted by Gasteiger charge is -2.40. The first-order valence-corrected chi connectivity index (χ1v) is 8.31. The molecule has 0 N–H and O–H groups in total. The predicted octanol–water partition coefficient (Wildman–Crippen LogP) is 4.14. The first kappa shape index (κ1) is 13.3. The SMILES string of the molecule is Fc1ccc(C2=CC(=S)N3CCC4c5ccccc5N2C43)cc1. The maximum absolute atomic E-state index is 13.3. The second-order valence-electron chi connectivity index (χ2n) is 6.31. The molecular formula is C19H15FN2S. The van der Waals surface area contributed by atoms with Crippen LogP contribution in [-0.2, 0) is 0 Å². The van der Waals surface area contributed by atoms with Gasteiger partial charge in [0.15, 0.2) is 0 Å². The monoisotopic (exact) mass is 322 g/mol. The fourth-order valence-electron chi connectivity index (χ4n) is 4.20. The highest BCUT2D eigenvalue weighted by Gasteiger charge is 2.49. The van der Waals surface area contributed by atoms with Crippen molar-refractivity contribution >= 4 is 28.6 Å². The lowest BCUT2D eigenvalue weighted by atomic mass is 9.98. The van der Waals surface area contributed by atoms with Gasteiger partial charge in [-0.05, 0) is 54.0 Å². The Labute approximate surface area is 139 Å². The van der Waals surface area contributed by atoms with Crippen molar-refractivity contribution in [3.63, 3.8) is 0 Å². The molecule has 2 aromatic rings. The number of hydrogen-bond acceptors (Lipinski definition) is 2.